The number of alkyl halides is 3. The number of hydrogen-bond acceptors (Lipinski definition) is 3. The van der Waals surface area contributed by atoms with Crippen LogP contribution in [-0.4, -0.2) is 4.98 Å². The topological polar surface area (TPSA) is 38.9 Å². The van der Waals surface area contributed by atoms with Crippen molar-refractivity contribution < 1.29 is 13.2 Å². The van der Waals surface area contributed by atoms with Crippen molar-refractivity contribution in [1.29, 1.82) is 0 Å². The highest BCUT2D eigenvalue weighted by molar-refractivity contribution is 7.99. The van der Waals surface area contributed by atoms with Crippen LogP contribution in [0.3, 0.4) is 0 Å². The molecule has 0 atom stereocenters. The third-order valence-corrected chi connectivity index (χ3v) is 3.06. The van der Waals surface area contributed by atoms with Crippen molar-refractivity contribution in [3.63, 3.8) is 0 Å². The highest BCUT2D eigenvalue weighted by Gasteiger charge is 2.32. The molecule has 1 aromatic carbocycles. The normalized spacial score (nSPS) is 11.5. The Morgan fingerprint density at radius 3 is 2.28 bits per heavy atom. The molecule has 0 spiro atoms. The third-order valence-electron chi connectivity index (χ3n) is 2.12. The average Bonchev–Trinajstić information content (AvgIpc) is 2.31. The summed E-state index contributed by atoms with van der Waals surface area (Å²) in [5.41, 5.74) is 5.25. The van der Waals surface area contributed by atoms with Gasteiger partial charge in [0, 0.05) is 10.6 Å². The van der Waals surface area contributed by atoms with Crippen LogP contribution < -0.4 is 5.73 Å². The summed E-state index contributed by atoms with van der Waals surface area (Å²) < 4.78 is 37.4. The molecule has 0 aliphatic rings. The van der Waals surface area contributed by atoms with E-state index in [2.05, 4.69) is 4.98 Å². The molecule has 2 aromatic rings. The van der Waals surface area contributed by atoms with Gasteiger partial charge in [0.2, 0.25) is 0 Å². The van der Waals surface area contributed by atoms with Gasteiger partial charge in [0.1, 0.15) is 10.7 Å². The zero-order valence-electron chi connectivity index (χ0n) is 9.11. The largest absolute Gasteiger partial charge is 0.433 e. The second kappa shape index (κ2) is 4.89. The van der Waals surface area contributed by atoms with Gasteiger partial charge in [0.25, 0.3) is 0 Å². The summed E-state index contributed by atoms with van der Waals surface area (Å²) in [6.07, 6.45) is -4.42. The molecule has 0 saturated heterocycles. The SMILES string of the molecule is Nc1ccc(Sc2cccc(C(F)(F)F)n2)cc1. The van der Waals surface area contributed by atoms with Gasteiger partial charge in [0.15, 0.2) is 0 Å². The van der Waals surface area contributed by atoms with E-state index in [1.807, 2.05) is 0 Å². The van der Waals surface area contributed by atoms with Crippen LogP contribution in [0.25, 0.3) is 0 Å². The van der Waals surface area contributed by atoms with Gasteiger partial charge in [-0.05, 0) is 36.4 Å². The number of halogens is 3. The van der Waals surface area contributed by atoms with Gasteiger partial charge >= 0.3 is 6.18 Å². The fourth-order valence-electron chi connectivity index (χ4n) is 1.29. The fraction of sp³-hybridized carbons (Fsp3) is 0.0833. The summed E-state index contributed by atoms with van der Waals surface area (Å²) in [4.78, 5) is 4.36. The lowest BCUT2D eigenvalue weighted by Gasteiger charge is -2.07. The predicted molar refractivity (Wildman–Crippen MR) is 64.2 cm³/mol. The molecule has 0 radical (unpaired) electrons. The number of aromatic nitrogens is 1. The van der Waals surface area contributed by atoms with Gasteiger partial charge in [-0.3, -0.25) is 0 Å². The number of pyridine rings is 1. The van der Waals surface area contributed by atoms with Crippen molar-refractivity contribution in [1.82, 2.24) is 4.98 Å². The van der Waals surface area contributed by atoms with Gasteiger partial charge < -0.3 is 5.73 Å². The van der Waals surface area contributed by atoms with Crippen LogP contribution >= 0.6 is 11.8 Å². The smallest absolute Gasteiger partial charge is 0.399 e. The summed E-state index contributed by atoms with van der Waals surface area (Å²) in [7, 11) is 0. The molecule has 0 aliphatic carbocycles. The van der Waals surface area contributed by atoms with E-state index in [9.17, 15) is 13.2 Å². The van der Waals surface area contributed by atoms with Crippen LogP contribution in [-0.2, 0) is 6.18 Å². The molecule has 0 bridgehead atoms. The number of hydrogen-bond donors (Lipinski definition) is 1. The van der Waals surface area contributed by atoms with E-state index in [0.717, 1.165) is 22.7 Å². The van der Waals surface area contributed by atoms with Crippen molar-refractivity contribution in [3.05, 3.63) is 48.2 Å². The van der Waals surface area contributed by atoms with E-state index < -0.39 is 11.9 Å². The van der Waals surface area contributed by atoms with Gasteiger partial charge in [-0.25, -0.2) is 4.98 Å². The number of nitrogens with zero attached hydrogens (tertiary/aromatic N) is 1. The lowest BCUT2D eigenvalue weighted by molar-refractivity contribution is -0.141. The number of nitrogen functional groups attached to an aromatic ring is 1. The molecule has 0 amide bonds. The fourth-order valence-corrected chi connectivity index (χ4v) is 2.09. The summed E-state index contributed by atoms with van der Waals surface area (Å²) in [5.74, 6) is 0. The summed E-state index contributed by atoms with van der Waals surface area (Å²) in [5, 5.41) is 0.301. The number of anilines is 1. The van der Waals surface area contributed by atoms with Gasteiger partial charge in [-0.1, -0.05) is 17.8 Å². The number of rotatable bonds is 2. The minimum Gasteiger partial charge on any atom is -0.399 e. The van der Waals surface area contributed by atoms with Crippen molar-refractivity contribution in [2.24, 2.45) is 0 Å². The first-order valence-corrected chi connectivity index (χ1v) is 5.84. The van der Waals surface area contributed by atoms with E-state index in [1.165, 1.54) is 12.1 Å². The summed E-state index contributed by atoms with van der Waals surface area (Å²) in [6, 6.07) is 10.7. The molecular weight excluding hydrogens is 261 g/mol. The Morgan fingerprint density at radius 1 is 1.00 bits per heavy atom. The highest BCUT2D eigenvalue weighted by atomic mass is 32.2. The highest BCUT2D eigenvalue weighted by Crippen LogP contribution is 2.31. The van der Waals surface area contributed by atoms with Crippen LogP contribution in [0.2, 0.25) is 0 Å². The Kier molecular flexibility index (Phi) is 3.47. The summed E-state index contributed by atoms with van der Waals surface area (Å²) >= 11 is 1.16. The molecule has 6 heteroatoms. The zero-order valence-corrected chi connectivity index (χ0v) is 9.92. The molecule has 0 fully saturated rings. The van der Waals surface area contributed by atoms with E-state index in [1.54, 1.807) is 24.3 Å². The van der Waals surface area contributed by atoms with Crippen molar-refractivity contribution >= 4 is 17.4 Å². The Balaban J connectivity index is 2.22. The van der Waals surface area contributed by atoms with E-state index >= 15 is 0 Å². The van der Waals surface area contributed by atoms with Crippen molar-refractivity contribution in [3.8, 4) is 0 Å². The van der Waals surface area contributed by atoms with Crippen LogP contribution in [0.4, 0.5) is 18.9 Å². The first-order chi connectivity index (χ1) is 8.45. The molecular formula is C12H9F3N2S. The number of benzene rings is 1. The Labute approximate surface area is 106 Å². The minimum absolute atomic E-state index is 0.301. The maximum Gasteiger partial charge on any atom is 0.433 e. The van der Waals surface area contributed by atoms with E-state index in [0.29, 0.717) is 10.7 Å². The quantitative estimate of drug-likeness (QED) is 0.843. The van der Waals surface area contributed by atoms with E-state index in [-0.39, 0.29) is 0 Å². The standard InChI is InChI=1S/C12H9F3N2S/c13-12(14,15)10-2-1-3-11(17-10)18-9-6-4-8(16)5-7-9/h1-7H,16H2. The third kappa shape index (κ3) is 3.16. The van der Waals surface area contributed by atoms with Crippen LogP contribution in [0.1, 0.15) is 5.69 Å². The lowest BCUT2D eigenvalue weighted by Crippen LogP contribution is -2.07. The van der Waals surface area contributed by atoms with Gasteiger partial charge in [-0.15, -0.1) is 0 Å². The Hall–Kier alpha value is -1.69. The maximum absolute atomic E-state index is 12.5. The molecule has 0 unspecified atom stereocenters. The second-order valence-corrected chi connectivity index (χ2v) is 4.62. The monoisotopic (exact) mass is 270 g/mol. The van der Waals surface area contributed by atoms with Crippen LogP contribution in [0.15, 0.2) is 52.4 Å². The van der Waals surface area contributed by atoms with E-state index in [4.69, 9.17) is 5.73 Å². The molecule has 1 heterocycles. The summed E-state index contributed by atoms with van der Waals surface area (Å²) in [6.45, 7) is 0. The van der Waals surface area contributed by atoms with Crippen molar-refractivity contribution in [2.45, 2.75) is 16.1 Å². The molecule has 94 valence electrons. The molecule has 0 aliphatic heterocycles. The minimum atomic E-state index is -4.42. The number of nitrogens with two attached hydrogens (primary N) is 1. The molecule has 0 saturated carbocycles. The first-order valence-electron chi connectivity index (χ1n) is 5.03. The van der Waals surface area contributed by atoms with Gasteiger partial charge in [-0.2, -0.15) is 13.2 Å². The van der Waals surface area contributed by atoms with Crippen LogP contribution in [0, 0.1) is 0 Å². The second-order valence-electron chi connectivity index (χ2n) is 3.53. The average molecular weight is 270 g/mol. The lowest BCUT2D eigenvalue weighted by atomic mass is 10.3. The van der Waals surface area contributed by atoms with Gasteiger partial charge in [0.05, 0.1) is 0 Å². The molecule has 2 N–H and O–H groups in total. The molecule has 18 heavy (non-hydrogen) atoms. The first kappa shape index (κ1) is 12.8. The molecule has 1 aromatic heterocycles. The zero-order chi connectivity index (χ0) is 13.2. The molecule has 2 nitrogen and oxygen atoms in total. The predicted octanol–water partition coefficient (Wildman–Crippen LogP) is 3.83. The molecule has 2 rings (SSSR count). The van der Waals surface area contributed by atoms with Crippen molar-refractivity contribution in [2.75, 3.05) is 5.73 Å². The Bertz CT molecular complexity index is 538. The maximum atomic E-state index is 12.5. The Morgan fingerprint density at radius 2 is 1.67 bits per heavy atom. The van der Waals surface area contributed by atoms with Crippen LogP contribution in [0.5, 0.6) is 0 Å².